The Balaban J connectivity index is 2.23. The Hall–Kier alpha value is -0.0600. The summed E-state index contributed by atoms with van der Waals surface area (Å²) in [5.41, 5.74) is 0. The lowest BCUT2D eigenvalue weighted by atomic mass is 10.3. The molecule has 1 atom stereocenters. The van der Waals surface area contributed by atoms with E-state index < -0.39 is 0 Å². The Kier molecular flexibility index (Phi) is 3.90. The van der Waals surface area contributed by atoms with Gasteiger partial charge in [0.1, 0.15) is 4.34 Å². The Bertz CT molecular complexity index is 188. The zero-order chi connectivity index (χ0) is 8.10. The molecule has 0 aromatic carbocycles. The monoisotopic (exact) mass is 189 g/mol. The van der Waals surface area contributed by atoms with Crippen molar-refractivity contribution in [2.75, 3.05) is 5.75 Å². The van der Waals surface area contributed by atoms with Crippen molar-refractivity contribution in [2.45, 2.75) is 23.8 Å². The number of aromatic nitrogens is 1. The van der Waals surface area contributed by atoms with E-state index in [2.05, 4.69) is 4.98 Å². The van der Waals surface area contributed by atoms with Crippen LogP contribution in [0.5, 0.6) is 0 Å². The highest BCUT2D eigenvalue weighted by Gasteiger charge is 2.02. The van der Waals surface area contributed by atoms with Gasteiger partial charge in [-0.3, -0.25) is 0 Å². The summed E-state index contributed by atoms with van der Waals surface area (Å²) in [6.45, 7) is 1.98. The average molecular weight is 189 g/mol. The Labute approximate surface area is 74.7 Å². The second kappa shape index (κ2) is 4.74. The van der Waals surface area contributed by atoms with Crippen LogP contribution < -0.4 is 0 Å². The van der Waals surface area contributed by atoms with Crippen molar-refractivity contribution in [3.63, 3.8) is 0 Å². The summed E-state index contributed by atoms with van der Waals surface area (Å²) in [6.07, 6.45) is 2.41. The molecule has 62 valence electrons. The fraction of sp³-hybridized carbons (Fsp3) is 0.571. The summed E-state index contributed by atoms with van der Waals surface area (Å²) in [6, 6.07) is 0. The van der Waals surface area contributed by atoms with E-state index in [4.69, 9.17) is 0 Å². The molecule has 0 saturated heterocycles. The molecule has 1 heterocycles. The maximum absolute atomic E-state index is 9.21. The van der Waals surface area contributed by atoms with Crippen LogP contribution in [0.3, 0.4) is 0 Å². The van der Waals surface area contributed by atoms with Crippen LogP contribution in [0, 0.1) is 0 Å². The van der Waals surface area contributed by atoms with Crippen LogP contribution in [0.25, 0.3) is 0 Å². The lowest BCUT2D eigenvalue weighted by Gasteiger charge is -2.03. The third-order valence-electron chi connectivity index (χ3n) is 1.28. The number of hydrogen-bond donors (Lipinski definition) is 1. The maximum Gasteiger partial charge on any atom is 0.149 e. The summed E-state index contributed by atoms with van der Waals surface area (Å²) in [4.78, 5) is 4.09. The Morgan fingerprint density at radius 3 is 3.18 bits per heavy atom. The number of hydrogen-bond acceptors (Lipinski definition) is 4. The van der Waals surface area contributed by atoms with Gasteiger partial charge in [-0.05, 0) is 6.42 Å². The first-order chi connectivity index (χ1) is 5.33. The third-order valence-corrected chi connectivity index (χ3v) is 3.39. The molecule has 0 aliphatic heterocycles. The molecule has 0 amide bonds. The molecular weight excluding hydrogens is 178 g/mol. The van der Waals surface area contributed by atoms with Crippen LogP contribution in [-0.2, 0) is 0 Å². The maximum atomic E-state index is 9.21. The van der Waals surface area contributed by atoms with Crippen LogP contribution in [0.2, 0.25) is 0 Å². The molecule has 0 aliphatic rings. The van der Waals surface area contributed by atoms with Crippen LogP contribution >= 0.6 is 23.1 Å². The summed E-state index contributed by atoms with van der Waals surface area (Å²) in [5, 5.41) is 11.2. The number of aliphatic hydroxyl groups excluding tert-OH is 1. The molecule has 0 fully saturated rings. The minimum atomic E-state index is -0.191. The summed E-state index contributed by atoms with van der Waals surface area (Å²) in [7, 11) is 0. The fourth-order valence-electron chi connectivity index (χ4n) is 0.567. The molecule has 11 heavy (non-hydrogen) atoms. The van der Waals surface area contributed by atoms with E-state index in [0.717, 1.165) is 16.5 Å². The van der Waals surface area contributed by atoms with Gasteiger partial charge in [0.15, 0.2) is 0 Å². The van der Waals surface area contributed by atoms with Gasteiger partial charge in [-0.2, -0.15) is 0 Å². The van der Waals surface area contributed by atoms with E-state index in [1.807, 2.05) is 12.3 Å². The summed E-state index contributed by atoms with van der Waals surface area (Å²) in [5.74, 6) is 0.754. The SMILES string of the molecule is CCC(O)CSc1nccs1. The van der Waals surface area contributed by atoms with Crippen molar-refractivity contribution in [3.8, 4) is 0 Å². The first kappa shape index (κ1) is 9.03. The van der Waals surface area contributed by atoms with Crippen LogP contribution in [-0.4, -0.2) is 21.9 Å². The van der Waals surface area contributed by atoms with Crippen molar-refractivity contribution in [2.24, 2.45) is 0 Å². The van der Waals surface area contributed by atoms with Crippen molar-refractivity contribution >= 4 is 23.1 Å². The number of nitrogens with zero attached hydrogens (tertiary/aromatic N) is 1. The van der Waals surface area contributed by atoms with Crippen LogP contribution in [0.1, 0.15) is 13.3 Å². The molecule has 0 radical (unpaired) electrons. The predicted molar refractivity (Wildman–Crippen MR) is 49.1 cm³/mol. The Morgan fingerprint density at radius 1 is 1.82 bits per heavy atom. The standard InChI is InChI=1S/C7H11NOS2/c1-2-6(9)5-11-7-8-3-4-10-7/h3-4,6,9H,2,5H2,1H3. The van der Waals surface area contributed by atoms with Crippen molar-refractivity contribution in [1.82, 2.24) is 4.98 Å². The quantitative estimate of drug-likeness (QED) is 0.735. The van der Waals surface area contributed by atoms with Gasteiger partial charge in [0.05, 0.1) is 6.10 Å². The first-order valence-corrected chi connectivity index (χ1v) is 5.39. The minimum absolute atomic E-state index is 0.191. The molecule has 0 bridgehead atoms. The van der Waals surface area contributed by atoms with E-state index >= 15 is 0 Å². The molecule has 2 nitrogen and oxygen atoms in total. The normalized spacial score (nSPS) is 13.3. The molecular formula is C7H11NOS2. The number of aliphatic hydroxyl groups is 1. The highest BCUT2D eigenvalue weighted by atomic mass is 32.2. The average Bonchev–Trinajstić information content (AvgIpc) is 2.52. The molecule has 0 saturated carbocycles. The number of rotatable bonds is 4. The van der Waals surface area contributed by atoms with Gasteiger partial charge < -0.3 is 5.11 Å². The largest absolute Gasteiger partial charge is 0.392 e. The highest BCUT2D eigenvalue weighted by Crippen LogP contribution is 2.21. The second-order valence-corrected chi connectivity index (χ2v) is 4.33. The molecule has 1 unspecified atom stereocenters. The van der Waals surface area contributed by atoms with Gasteiger partial charge in [-0.25, -0.2) is 4.98 Å². The molecule has 0 spiro atoms. The number of thioether (sulfide) groups is 1. The zero-order valence-electron chi connectivity index (χ0n) is 6.36. The highest BCUT2D eigenvalue weighted by molar-refractivity contribution is 8.01. The first-order valence-electron chi connectivity index (χ1n) is 3.53. The lowest BCUT2D eigenvalue weighted by molar-refractivity contribution is 0.195. The van der Waals surface area contributed by atoms with E-state index in [1.165, 1.54) is 0 Å². The van der Waals surface area contributed by atoms with Gasteiger partial charge in [0.25, 0.3) is 0 Å². The molecule has 0 aliphatic carbocycles. The molecule has 1 rings (SSSR count). The van der Waals surface area contributed by atoms with Crippen LogP contribution in [0.15, 0.2) is 15.9 Å². The smallest absolute Gasteiger partial charge is 0.149 e. The van der Waals surface area contributed by atoms with Gasteiger partial charge in [0.2, 0.25) is 0 Å². The van der Waals surface area contributed by atoms with Crippen molar-refractivity contribution in [3.05, 3.63) is 11.6 Å². The van der Waals surface area contributed by atoms with E-state index in [1.54, 1.807) is 29.3 Å². The fourth-order valence-corrected chi connectivity index (χ4v) is 2.28. The molecule has 4 heteroatoms. The van der Waals surface area contributed by atoms with E-state index in [9.17, 15) is 5.11 Å². The zero-order valence-corrected chi connectivity index (χ0v) is 7.99. The topological polar surface area (TPSA) is 33.1 Å². The summed E-state index contributed by atoms with van der Waals surface area (Å²) >= 11 is 3.23. The molecule has 1 aromatic heterocycles. The predicted octanol–water partition coefficient (Wildman–Crippen LogP) is 2.01. The van der Waals surface area contributed by atoms with E-state index in [-0.39, 0.29) is 6.10 Å². The molecule has 1 N–H and O–H groups in total. The minimum Gasteiger partial charge on any atom is -0.392 e. The Morgan fingerprint density at radius 2 is 2.64 bits per heavy atom. The molecule has 1 aromatic rings. The van der Waals surface area contributed by atoms with Gasteiger partial charge in [-0.15, -0.1) is 11.3 Å². The van der Waals surface area contributed by atoms with E-state index in [0.29, 0.717) is 0 Å². The lowest BCUT2D eigenvalue weighted by Crippen LogP contribution is -2.06. The third kappa shape index (κ3) is 3.22. The summed E-state index contributed by atoms with van der Waals surface area (Å²) < 4.78 is 1.04. The van der Waals surface area contributed by atoms with Gasteiger partial charge in [0, 0.05) is 17.3 Å². The van der Waals surface area contributed by atoms with Gasteiger partial charge >= 0.3 is 0 Å². The van der Waals surface area contributed by atoms with Crippen molar-refractivity contribution < 1.29 is 5.11 Å². The second-order valence-electron chi connectivity index (χ2n) is 2.17. The number of thiazole rings is 1. The van der Waals surface area contributed by atoms with Crippen molar-refractivity contribution in [1.29, 1.82) is 0 Å². The van der Waals surface area contributed by atoms with Gasteiger partial charge in [-0.1, -0.05) is 18.7 Å². The van der Waals surface area contributed by atoms with Crippen LogP contribution in [0.4, 0.5) is 0 Å².